The number of halogens is 2. The molecule has 0 saturated heterocycles. The number of hydrogen-bond acceptors (Lipinski definition) is 7. The molecule has 0 spiro atoms. The Morgan fingerprint density at radius 2 is 2.08 bits per heavy atom. The van der Waals surface area contributed by atoms with Crippen LogP contribution >= 0.6 is 0 Å². The maximum Gasteiger partial charge on any atom is 0.278 e. The molecule has 0 aliphatic heterocycles. The second-order valence-corrected chi connectivity index (χ2v) is 5.26. The van der Waals surface area contributed by atoms with Crippen molar-refractivity contribution in [1.29, 1.82) is 0 Å². The third-order valence-electron chi connectivity index (χ3n) is 3.39. The van der Waals surface area contributed by atoms with Crippen LogP contribution in [0.4, 0.5) is 8.78 Å². The summed E-state index contributed by atoms with van der Waals surface area (Å²) in [7, 11) is 0. The zero-order valence-corrected chi connectivity index (χ0v) is 13.6. The van der Waals surface area contributed by atoms with E-state index in [9.17, 15) is 13.6 Å². The van der Waals surface area contributed by atoms with Gasteiger partial charge in [-0.2, -0.15) is 0 Å². The monoisotopic (exact) mass is 364 g/mol. The van der Waals surface area contributed by atoms with E-state index in [1.165, 1.54) is 16.9 Å². The van der Waals surface area contributed by atoms with E-state index >= 15 is 0 Å². The lowest BCUT2D eigenvalue weighted by Gasteiger charge is -2.04. The predicted octanol–water partition coefficient (Wildman–Crippen LogP) is 1.10. The molecule has 136 valence electrons. The van der Waals surface area contributed by atoms with Gasteiger partial charge < -0.3 is 10.1 Å². The Balaban J connectivity index is 1.52. The largest absolute Gasteiger partial charge is 0.472 e. The number of rotatable bonds is 7. The van der Waals surface area contributed by atoms with Crippen molar-refractivity contribution >= 4 is 5.91 Å². The van der Waals surface area contributed by atoms with Gasteiger partial charge >= 0.3 is 0 Å². The van der Waals surface area contributed by atoms with Gasteiger partial charge in [0.2, 0.25) is 0 Å². The van der Waals surface area contributed by atoms with E-state index in [1.807, 2.05) is 0 Å². The molecule has 0 unspecified atom stereocenters. The van der Waals surface area contributed by atoms with Gasteiger partial charge in [0.05, 0.1) is 19.3 Å². The molecule has 1 N–H and O–H groups in total. The van der Waals surface area contributed by atoms with E-state index in [0.29, 0.717) is 5.69 Å². The predicted molar refractivity (Wildman–Crippen MR) is 82.3 cm³/mol. The number of amides is 1. The molecule has 0 fully saturated rings. The first kappa shape index (κ1) is 17.5. The van der Waals surface area contributed by atoms with E-state index in [4.69, 9.17) is 4.74 Å². The molecular weight excluding hydrogens is 350 g/mol. The molecule has 0 bridgehead atoms. The standard InChI is InChI=1S/C15H14F2N6O3/c1-9-15(21-26-20-9)25-6-5-18-14(24)13-8-23(22-19-13)7-10-11(16)3-2-4-12(10)17/h2-4,8H,5-7H2,1H3,(H,18,24). The molecule has 26 heavy (non-hydrogen) atoms. The lowest BCUT2D eigenvalue weighted by atomic mass is 10.2. The van der Waals surface area contributed by atoms with Crippen molar-refractivity contribution in [3.63, 3.8) is 0 Å². The molecular formula is C15H14F2N6O3. The highest BCUT2D eigenvalue weighted by Gasteiger charge is 2.14. The normalized spacial score (nSPS) is 10.7. The summed E-state index contributed by atoms with van der Waals surface area (Å²) < 4.78 is 38.2. The number of benzene rings is 1. The molecule has 3 aromatic rings. The van der Waals surface area contributed by atoms with E-state index in [1.54, 1.807) is 6.92 Å². The number of nitrogens with one attached hydrogen (secondary N) is 1. The minimum absolute atomic E-state index is 0.0148. The SMILES string of the molecule is Cc1nonc1OCCNC(=O)c1cn(Cc2c(F)cccc2F)nn1. The number of aromatic nitrogens is 5. The highest BCUT2D eigenvalue weighted by Crippen LogP contribution is 2.13. The van der Waals surface area contributed by atoms with Crippen LogP contribution in [0.3, 0.4) is 0 Å². The van der Waals surface area contributed by atoms with Gasteiger partial charge in [0.25, 0.3) is 11.8 Å². The lowest BCUT2D eigenvalue weighted by molar-refractivity contribution is 0.0941. The molecule has 0 atom stereocenters. The third-order valence-corrected chi connectivity index (χ3v) is 3.39. The molecule has 1 aromatic carbocycles. The van der Waals surface area contributed by atoms with Crippen LogP contribution in [0.2, 0.25) is 0 Å². The molecule has 1 amide bonds. The van der Waals surface area contributed by atoms with Gasteiger partial charge in [-0.25, -0.2) is 18.1 Å². The fourth-order valence-electron chi connectivity index (χ4n) is 2.08. The molecule has 2 heterocycles. The Labute approximate surface area is 145 Å². The first-order valence-corrected chi connectivity index (χ1v) is 7.58. The highest BCUT2D eigenvalue weighted by atomic mass is 19.1. The van der Waals surface area contributed by atoms with Crippen LogP contribution in [0.5, 0.6) is 5.88 Å². The van der Waals surface area contributed by atoms with Crippen LogP contribution in [-0.4, -0.2) is 44.4 Å². The molecule has 0 aliphatic rings. The van der Waals surface area contributed by atoms with Crippen LogP contribution in [0.25, 0.3) is 0 Å². The summed E-state index contributed by atoms with van der Waals surface area (Å²) in [6.45, 7) is 1.82. The molecule has 3 rings (SSSR count). The van der Waals surface area contributed by atoms with Crippen molar-refractivity contribution in [2.75, 3.05) is 13.2 Å². The van der Waals surface area contributed by atoms with Crippen LogP contribution in [0.1, 0.15) is 21.7 Å². The minimum Gasteiger partial charge on any atom is -0.472 e. The fraction of sp³-hybridized carbons (Fsp3) is 0.267. The van der Waals surface area contributed by atoms with Crippen LogP contribution in [0.15, 0.2) is 29.0 Å². The topological polar surface area (TPSA) is 108 Å². The Hall–Kier alpha value is -3.37. The molecule has 2 aromatic heterocycles. The van der Waals surface area contributed by atoms with Gasteiger partial charge in [-0.1, -0.05) is 16.4 Å². The first-order valence-electron chi connectivity index (χ1n) is 7.58. The van der Waals surface area contributed by atoms with Crippen molar-refractivity contribution in [1.82, 2.24) is 30.6 Å². The lowest BCUT2D eigenvalue weighted by Crippen LogP contribution is -2.28. The molecule has 0 radical (unpaired) electrons. The van der Waals surface area contributed by atoms with Gasteiger partial charge in [0.15, 0.2) is 5.69 Å². The number of hydrogen-bond donors (Lipinski definition) is 1. The Bertz CT molecular complexity index is 890. The van der Waals surface area contributed by atoms with E-state index < -0.39 is 17.5 Å². The van der Waals surface area contributed by atoms with Crippen molar-refractivity contribution in [2.45, 2.75) is 13.5 Å². The average molecular weight is 364 g/mol. The second-order valence-electron chi connectivity index (χ2n) is 5.26. The maximum absolute atomic E-state index is 13.6. The van der Waals surface area contributed by atoms with Gasteiger partial charge in [0, 0.05) is 5.56 Å². The summed E-state index contributed by atoms with van der Waals surface area (Å²) in [6.07, 6.45) is 1.30. The second kappa shape index (κ2) is 7.68. The van der Waals surface area contributed by atoms with Crippen LogP contribution in [-0.2, 0) is 6.54 Å². The van der Waals surface area contributed by atoms with Crippen molar-refractivity contribution in [2.24, 2.45) is 0 Å². The summed E-state index contributed by atoms with van der Waals surface area (Å²) in [5.74, 6) is -1.64. The summed E-state index contributed by atoms with van der Waals surface area (Å²) in [6, 6.07) is 3.57. The van der Waals surface area contributed by atoms with E-state index in [2.05, 4.69) is 30.6 Å². The number of carbonyl (C=O) groups is 1. The molecule has 0 saturated carbocycles. The Morgan fingerprint density at radius 1 is 1.31 bits per heavy atom. The van der Waals surface area contributed by atoms with Crippen LogP contribution in [0, 0.1) is 18.6 Å². The zero-order valence-electron chi connectivity index (χ0n) is 13.6. The molecule has 9 nitrogen and oxygen atoms in total. The van der Waals surface area contributed by atoms with Crippen molar-refractivity contribution < 1.29 is 22.9 Å². The average Bonchev–Trinajstić information content (AvgIpc) is 3.24. The van der Waals surface area contributed by atoms with Crippen molar-refractivity contribution in [3.05, 3.63) is 53.0 Å². The Kier molecular flexibility index (Phi) is 5.15. The number of aryl methyl sites for hydroxylation is 1. The maximum atomic E-state index is 13.6. The summed E-state index contributed by atoms with van der Waals surface area (Å²) in [5, 5.41) is 17.1. The number of carbonyl (C=O) groups excluding carboxylic acids is 1. The quantitative estimate of drug-likeness (QED) is 0.626. The fourth-order valence-corrected chi connectivity index (χ4v) is 2.08. The van der Waals surface area contributed by atoms with Gasteiger partial charge in [0.1, 0.15) is 23.9 Å². The number of nitrogens with zero attached hydrogens (tertiary/aromatic N) is 5. The van der Waals surface area contributed by atoms with Gasteiger partial charge in [-0.05, 0) is 24.2 Å². The minimum atomic E-state index is -0.693. The number of ether oxygens (including phenoxy) is 1. The highest BCUT2D eigenvalue weighted by molar-refractivity contribution is 5.91. The Morgan fingerprint density at radius 3 is 2.77 bits per heavy atom. The smallest absolute Gasteiger partial charge is 0.278 e. The van der Waals surface area contributed by atoms with Crippen LogP contribution < -0.4 is 10.1 Å². The van der Waals surface area contributed by atoms with E-state index in [-0.39, 0.29) is 36.8 Å². The first-order chi connectivity index (χ1) is 12.5. The molecule has 0 aliphatic carbocycles. The summed E-state index contributed by atoms with van der Waals surface area (Å²) in [4.78, 5) is 12.0. The molecule has 11 heteroatoms. The van der Waals surface area contributed by atoms with Crippen molar-refractivity contribution in [3.8, 4) is 5.88 Å². The summed E-state index contributed by atoms with van der Waals surface area (Å²) >= 11 is 0. The van der Waals surface area contributed by atoms with Gasteiger partial charge in [-0.3, -0.25) is 4.79 Å². The van der Waals surface area contributed by atoms with Gasteiger partial charge in [-0.15, -0.1) is 5.10 Å². The summed E-state index contributed by atoms with van der Waals surface area (Å²) in [5.41, 5.74) is 0.357. The van der Waals surface area contributed by atoms with E-state index in [0.717, 1.165) is 12.1 Å². The zero-order chi connectivity index (χ0) is 18.5. The third kappa shape index (κ3) is 3.99.